The molecule has 0 bridgehead atoms. The Hall–Kier alpha value is -3.99. The van der Waals surface area contributed by atoms with E-state index in [0.717, 1.165) is 0 Å². The highest BCUT2D eigenvalue weighted by molar-refractivity contribution is 7.90. The monoisotopic (exact) mass is 585 g/mol. The standard InChI is InChI=1S/C29H26ClFN4O4S/c1-40(36,37)12-11-32-16-23-7-10-27(39-23)20-5-8-26-24(14-20)29(34-18-33-26)35-22-6-9-28(25(30)15-22)38-17-19-3-2-4-21(31)13-19/h2-10,13-15,18,32H,11-12,16-17H2,1H3,(H,33,34,35)/i1D3,11D2. The molecule has 5 aromatic rings. The van der Waals surface area contributed by atoms with Crippen LogP contribution in [0.25, 0.3) is 22.2 Å². The topological polar surface area (TPSA) is 106 Å². The Kier molecular flexibility index (Phi) is 6.55. The summed E-state index contributed by atoms with van der Waals surface area (Å²) in [4.78, 5) is 8.70. The Morgan fingerprint density at radius 1 is 1.10 bits per heavy atom. The van der Waals surface area contributed by atoms with Crippen LogP contribution in [0.4, 0.5) is 15.9 Å². The van der Waals surface area contributed by atoms with Crippen molar-refractivity contribution in [3.8, 4) is 17.1 Å². The number of halogens is 2. The zero-order valence-electron chi connectivity index (χ0n) is 25.8. The van der Waals surface area contributed by atoms with Crippen molar-refractivity contribution in [2.24, 2.45) is 0 Å². The van der Waals surface area contributed by atoms with E-state index in [4.69, 9.17) is 27.6 Å². The first-order valence-corrected chi connectivity index (χ1v) is 14.0. The maximum atomic E-state index is 13.5. The van der Waals surface area contributed by atoms with Gasteiger partial charge in [-0.3, -0.25) is 0 Å². The van der Waals surface area contributed by atoms with Gasteiger partial charge in [-0.2, -0.15) is 0 Å². The molecule has 0 atom stereocenters. The van der Waals surface area contributed by atoms with E-state index in [1.807, 2.05) is 6.07 Å². The van der Waals surface area contributed by atoms with Crippen molar-refractivity contribution >= 4 is 43.8 Å². The molecule has 11 heteroatoms. The van der Waals surface area contributed by atoms with Gasteiger partial charge in [0.05, 0.1) is 22.8 Å². The molecular weight excluding hydrogens is 555 g/mol. The summed E-state index contributed by atoms with van der Waals surface area (Å²) in [5.41, 5.74) is 2.61. The third kappa shape index (κ3) is 7.15. The van der Waals surface area contributed by atoms with E-state index in [-0.39, 0.29) is 19.0 Å². The van der Waals surface area contributed by atoms with Crippen LogP contribution in [0, 0.1) is 5.82 Å². The second kappa shape index (κ2) is 12.0. The highest BCUT2D eigenvalue weighted by atomic mass is 35.5. The lowest BCUT2D eigenvalue weighted by Gasteiger charge is -2.12. The van der Waals surface area contributed by atoms with Crippen molar-refractivity contribution in [1.29, 1.82) is 0 Å². The predicted octanol–water partition coefficient (Wildman–Crippen LogP) is 6.14. The molecule has 206 valence electrons. The van der Waals surface area contributed by atoms with Crippen LogP contribution in [0.15, 0.2) is 83.5 Å². The molecule has 0 fully saturated rings. The minimum atomic E-state index is -4.68. The molecule has 2 aromatic heterocycles. The van der Waals surface area contributed by atoms with Crippen LogP contribution in [0.3, 0.4) is 0 Å². The first-order valence-electron chi connectivity index (χ1n) is 14.4. The molecule has 0 radical (unpaired) electrons. The molecule has 2 N–H and O–H groups in total. The second-order valence-corrected chi connectivity index (χ2v) is 10.6. The molecular formula is C29H26ClFN4O4S. The highest BCUT2D eigenvalue weighted by Crippen LogP contribution is 2.32. The molecule has 0 unspecified atom stereocenters. The summed E-state index contributed by atoms with van der Waals surface area (Å²) < 4.78 is 86.1. The molecule has 0 aliphatic heterocycles. The fourth-order valence-electron chi connectivity index (χ4n) is 3.85. The van der Waals surface area contributed by atoms with Gasteiger partial charge in [0.1, 0.15) is 51.7 Å². The van der Waals surface area contributed by atoms with Crippen molar-refractivity contribution in [3.63, 3.8) is 0 Å². The number of fused-ring (bicyclic) bond motifs is 1. The van der Waals surface area contributed by atoms with Gasteiger partial charge in [-0.15, -0.1) is 0 Å². The Bertz CT molecular complexity index is 1960. The van der Waals surface area contributed by atoms with E-state index in [1.165, 1.54) is 18.5 Å². The largest absolute Gasteiger partial charge is 0.487 e. The van der Waals surface area contributed by atoms with Crippen molar-refractivity contribution in [1.82, 2.24) is 15.3 Å². The zero-order chi connectivity index (χ0) is 32.4. The fraction of sp³-hybridized carbons (Fsp3) is 0.172. The molecule has 0 saturated carbocycles. The molecule has 40 heavy (non-hydrogen) atoms. The number of ether oxygens (including phenoxy) is 1. The summed E-state index contributed by atoms with van der Waals surface area (Å²) >= 11 is 6.46. The normalized spacial score (nSPS) is 14.1. The van der Waals surface area contributed by atoms with Crippen molar-refractivity contribution in [2.75, 3.05) is 23.8 Å². The summed E-state index contributed by atoms with van der Waals surface area (Å²) in [5.74, 6) is 0.0927. The van der Waals surface area contributed by atoms with Crippen molar-refractivity contribution < 1.29 is 28.8 Å². The number of nitrogens with one attached hydrogen (secondary N) is 2. The van der Waals surface area contributed by atoms with Crippen LogP contribution in [0.5, 0.6) is 5.75 Å². The number of aromatic nitrogens is 2. The molecule has 3 aromatic carbocycles. The van der Waals surface area contributed by atoms with Gasteiger partial charge in [0.15, 0.2) is 0 Å². The summed E-state index contributed by atoms with van der Waals surface area (Å²) in [5, 5.41) is 6.65. The van der Waals surface area contributed by atoms with E-state index in [1.54, 1.807) is 54.6 Å². The molecule has 5 rings (SSSR count). The lowest BCUT2D eigenvalue weighted by molar-refractivity contribution is 0.306. The number of anilines is 2. The first kappa shape index (κ1) is 21.8. The quantitative estimate of drug-likeness (QED) is 0.190. The Balaban J connectivity index is 1.29. The Labute approximate surface area is 243 Å². The number of benzene rings is 3. The molecule has 8 nitrogen and oxygen atoms in total. The van der Waals surface area contributed by atoms with Gasteiger partial charge >= 0.3 is 0 Å². The first-order chi connectivity index (χ1) is 21.2. The third-order valence-electron chi connectivity index (χ3n) is 5.71. The Morgan fingerprint density at radius 3 is 2.83 bits per heavy atom. The smallest absolute Gasteiger partial charge is 0.148 e. The maximum absolute atomic E-state index is 13.5. The van der Waals surface area contributed by atoms with E-state index >= 15 is 0 Å². The number of sulfone groups is 1. The van der Waals surface area contributed by atoms with Crippen LogP contribution in [0.1, 0.15) is 18.2 Å². The second-order valence-electron chi connectivity index (χ2n) is 8.70. The molecule has 0 spiro atoms. The third-order valence-corrected chi connectivity index (χ3v) is 6.53. The van der Waals surface area contributed by atoms with Crippen LogP contribution in [-0.4, -0.2) is 36.8 Å². The van der Waals surface area contributed by atoms with Crippen LogP contribution < -0.4 is 15.4 Å². The van der Waals surface area contributed by atoms with Gasteiger partial charge in [-0.05, 0) is 66.2 Å². The minimum Gasteiger partial charge on any atom is -0.487 e. The number of nitrogens with zero attached hydrogens (tertiary/aromatic N) is 2. The average molecular weight is 586 g/mol. The summed E-state index contributed by atoms with van der Waals surface area (Å²) in [6.07, 6.45) is -1.90. The van der Waals surface area contributed by atoms with Gasteiger partial charge in [0.25, 0.3) is 0 Å². The molecule has 2 heterocycles. The summed E-state index contributed by atoms with van der Waals surface area (Å²) in [7, 11) is -4.68. The lowest BCUT2D eigenvalue weighted by atomic mass is 10.1. The van der Waals surface area contributed by atoms with Gasteiger partial charge in [-0.1, -0.05) is 23.7 Å². The van der Waals surface area contributed by atoms with Crippen LogP contribution in [0.2, 0.25) is 5.02 Å². The van der Waals surface area contributed by atoms with Crippen molar-refractivity contribution in [3.05, 3.63) is 101 Å². The minimum absolute atomic E-state index is 0.147. The average Bonchev–Trinajstić information content (AvgIpc) is 3.44. The fourth-order valence-corrected chi connectivity index (χ4v) is 4.38. The van der Waals surface area contributed by atoms with Crippen LogP contribution in [-0.2, 0) is 23.0 Å². The maximum Gasteiger partial charge on any atom is 0.148 e. The number of hydrogen-bond donors (Lipinski definition) is 2. The predicted molar refractivity (Wildman–Crippen MR) is 154 cm³/mol. The zero-order valence-corrected chi connectivity index (χ0v) is 22.4. The van der Waals surface area contributed by atoms with Gasteiger partial charge in [0.2, 0.25) is 0 Å². The van der Waals surface area contributed by atoms with E-state index in [9.17, 15) is 12.8 Å². The van der Waals surface area contributed by atoms with E-state index < -0.39 is 28.3 Å². The molecule has 0 saturated heterocycles. The van der Waals surface area contributed by atoms with Crippen LogP contribution >= 0.6 is 11.6 Å². The van der Waals surface area contributed by atoms with Crippen molar-refractivity contribution in [2.45, 2.75) is 13.2 Å². The molecule has 0 aliphatic carbocycles. The number of furan rings is 1. The van der Waals surface area contributed by atoms with Gasteiger partial charge in [-0.25, -0.2) is 22.8 Å². The Morgan fingerprint density at radius 2 is 2.00 bits per heavy atom. The number of hydrogen-bond acceptors (Lipinski definition) is 8. The summed E-state index contributed by atoms with van der Waals surface area (Å²) in [6, 6.07) is 19.9. The number of rotatable bonds is 11. The summed E-state index contributed by atoms with van der Waals surface area (Å²) in [6.45, 7) is -2.54. The SMILES string of the molecule is [2H]C([2H])(CS(=O)(=O)C([2H])([2H])[2H])NCc1ccc(-c2ccc3ncnc(Nc4ccc(OCc5cccc(F)c5)c(Cl)c4)c3c2)o1. The van der Waals surface area contributed by atoms with Gasteiger partial charge in [0, 0.05) is 36.2 Å². The lowest BCUT2D eigenvalue weighted by Crippen LogP contribution is -2.21. The highest BCUT2D eigenvalue weighted by Gasteiger charge is 2.11. The molecule has 0 amide bonds. The van der Waals surface area contributed by atoms with E-state index in [2.05, 4.69) is 20.6 Å². The van der Waals surface area contributed by atoms with E-state index in [0.29, 0.717) is 55.8 Å². The van der Waals surface area contributed by atoms with Gasteiger partial charge < -0.3 is 19.8 Å². The molecule has 0 aliphatic rings.